The number of amides is 1. The third-order valence-electron chi connectivity index (χ3n) is 4.01. The Morgan fingerprint density at radius 2 is 1.76 bits per heavy atom. The molecule has 0 aliphatic carbocycles. The number of carbonyl (C=O) groups is 2. The highest BCUT2D eigenvalue weighted by Gasteiger charge is 2.28. The first-order valence-electron chi connectivity index (χ1n) is 9.05. The molecular weight excluding hydrogens is 376 g/mol. The van der Waals surface area contributed by atoms with Gasteiger partial charge in [-0.25, -0.2) is 9.59 Å². The van der Waals surface area contributed by atoms with Crippen molar-refractivity contribution in [1.29, 1.82) is 0 Å². The number of para-hydroxylation sites is 1. The number of anilines is 1. The average molecular weight is 400 g/mol. The first kappa shape index (κ1) is 21.9. The highest BCUT2D eigenvalue weighted by Crippen LogP contribution is 2.35. The summed E-state index contributed by atoms with van der Waals surface area (Å²) in [4.78, 5) is 36.2. The van der Waals surface area contributed by atoms with Gasteiger partial charge in [0, 0.05) is 17.7 Å². The van der Waals surface area contributed by atoms with E-state index in [1.54, 1.807) is 45.0 Å². The molecule has 0 saturated heterocycles. The predicted octanol–water partition coefficient (Wildman–Crippen LogP) is 5.11. The van der Waals surface area contributed by atoms with Crippen molar-refractivity contribution in [2.75, 3.05) is 4.90 Å². The zero-order chi connectivity index (χ0) is 21.9. The maximum Gasteiger partial charge on any atom is 0.415 e. The van der Waals surface area contributed by atoms with Crippen LogP contribution in [0.15, 0.2) is 42.5 Å². The van der Waals surface area contributed by atoms with Gasteiger partial charge in [-0.05, 0) is 52.3 Å². The van der Waals surface area contributed by atoms with Crippen LogP contribution in [0.5, 0.6) is 0 Å². The van der Waals surface area contributed by atoms with E-state index in [4.69, 9.17) is 4.74 Å². The maximum atomic E-state index is 12.8. The number of carboxylic acids is 1. The number of carbonyl (C=O) groups excluding carboxylic acids is 1. The van der Waals surface area contributed by atoms with Gasteiger partial charge in [-0.1, -0.05) is 24.3 Å². The van der Waals surface area contributed by atoms with Crippen LogP contribution in [0.4, 0.5) is 16.2 Å². The highest BCUT2D eigenvalue weighted by molar-refractivity contribution is 5.97. The van der Waals surface area contributed by atoms with E-state index in [1.165, 1.54) is 23.1 Å². The summed E-state index contributed by atoms with van der Waals surface area (Å²) in [6, 6.07) is 10.6. The van der Waals surface area contributed by atoms with Gasteiger partial charge in [0.15, 0.2) is 0 Å². The van der Waals surface area contributed by atoms with Crippen molar-refractivity contribution in [3.05, 3.63) is 58.1 Å². The zero-order valence-corrected chi connectivity index (χ0v) is 17.0. The van der Waals surface area contributed by atoms with E-state index >= 15 is 0 Å². The lowest BCUT2D eigenvalue weighted by Gasteiger charge is -2.31. The molecule has 1 N–H and O–H groups in total. The molecule has 1 amide bonds. The van der Waals surface area contributed by atoms with Crippen molar-refractivity contribution in [2.45, 2.75) is 46.3 Å². The number of rotatable bonds is 5. The number of nitro groups is 1. The summed E-state index contributed by atoms with van der Waals surface area (Å²) in [5.74, 6) is -1.38. The van der Waals surface area contributed by atoms with Gasteiger partial charge in [-0.15, -0.1) is 0 Å². The van der Waals surface area contributed by atoms with Gasteiger partial charge < -0.3 is 9.84 Å². The van der Waals surface area contributed by atoms with E-state index in [-0.39, 0.29) is 6.04 Å². The number of carboxylic acid groups (broad SMARTS) is 1. The number of nitro benzene ring substituents is 1. The molecule has 0 atom stereocenters. The summed E-state index contributed by atoms with van der Waals surface area (Å²) < 4.78 is 5.52. The van der Waals surface area contributed by atoms with Crippen LogP contribution in [0.3, 0.4) is 0 Å². The van der Waals surface area contributed by atoms with Crippen LogP contribution in [0.1, 0.15) is 45.0 Å². The lowest BCUT2D eigenvalue weighted by molar-refractivity contribution is -0.385. The van der Waals surface area contributed by atoms with E-state index in [9.17, 15) is 24.8 Å². The van der Waals surface area contributed by atoms with Crippen LogP contribution in [0.25, 0.3) is 11.1 Å². The summed E-state index contributed by atoms with van der Waals surface area (Å²) in [5.41, 5.74) is -0.129. The van der Waals surface area contributed by atoms with Crippen LogP contribution in [0.2, 0.25) is 0 Å². The largest absolute Gasteiger partial charge is 0.477 e. The Morgan fingerprint density at radius 3 is 2.28 bits per heavy atom. The Labute approximate surface area is 168 Å². The second-order valence-corrected chi connectivity index (χ2v) is 7.76. The summed E-state index contributed by atoms with van der Waals surface area (Å²) in [6.07, 6.45) is -0.545. The van der Waals surface area contributed by atoms with Crippen molar-refractivity contribution in [1.82, 2.24) is 0 Å². The topological polar surface area (TPSA) is 110 Å². The van der Waals surface area contributed by atoms with Gasteiger partial charge in [0.05, 0.1) is 10.6 Å². The van der Waals surface area contributed by atoms with Crippen molar-refractivity contribution >= 4 is 23.4 Å². The van der Waals surface area contributed by atoms with Crippen LogP contribution in [-0.4, -0.2) is 33.7 Å². The molecule has 2 aromatic carbocycles. The third-order valence-corrected chi connectivity index (χ3v) is 4.01. The number of aromatic carboxylic acids is 1. The van der Waals surface area contributed by atoms with E-state index in [0.29, 0.717) is 16.8 Å². The van der Waals surface area contributed by atoms with Crippen LogP contribution < -0.4 is 4.90 Å². The molecule has 8 nitrogen and oxygen atoms in total. The fourth-order valence-electron chi connectivity index (χ4n) is 2.86. The molecule has 0 saturated carbocycles. The van der Waals surface area contributed by atoms with Crippen LogP contribution in [0, 0.1) is 10.1 Å². The van der Waals surface area contributed by atoms with E-state index < -0.39 is 33.8 Å². The van der Waals surface area contributed by atoms with Crippen molar-refractivity contribution < 1.29 is 24.4 Å². The Kier molecular flexibility index (Phi) is 6.26. The average Bonchev–Trinajstić information content (AvgIpc) is 2.59. The first-order chi connectivity index (χ1) is 13.4. The maximum absolute atomic E-state index is 12.8. The predicted molar refractivity (Wildman–Crippen MR) is 109 cm³/mol. The molecule has 0 fully saturated rings. The molecule has 0 aliphatic rings. The number of hydrogen-bond donors (Lipinski definition) is 1. The fourth-order valence-corrected chi connectivity index (χ4v) is 2.86. The van der Waals surface area contributed by atoms with Gasteiger partial charge in [-0.2, -0.15) is 0 Å². The number of nitrogens with zero attached hydrogens (tertiary/aromatic N) is 2. The van der Waals surface area contributed by atoms with Crippen LogP contribution >= 0.6 is 0 Å². The molecule has 29 heavy (non-hydrogen) atoms. The van der Waals surface area contributed by atoms with Gasteiger partial charge in [0.25, 0.3) is 5.69 Å². The van der Waals surface area contributed by atoms with Gasteiger partial charge in [0.2, 0.25) is 0 Å². The number of hydrogen-bond acceptors (Lipinski definition) is 5. The molecule has 0 spiro atoms. The molecule has 2 aromatic rings. The zero-order valence-electron chi connectivity index (χ0n) is 17.0. The second kappa shape index (κ2) is 8.30. The minimum Gasteiger partial charge on any atom is -0.477 e. The molecule has 0 unspecified atom stereocenters. The standard InChI is InChI=1S/C21H24N2O6/c1-13(2)22(20(26)29-21(3,4)5)17-9-7-6-8-15(17)14-10-11-16(19(24)25)18(12-14)23(27)28/h6-13H,1-5H3,(H,24,25). The Morgan fingerprint density at radius 1 is 1.14 bits per heavy atom. The molecule has 2 rings (SSSR count). The second-order valence-electron chi connectivity index (χ2n) is 7.76. The van der Waals surface area contributed by atoms with E-state index in [2.05, 4.69) is 0 Å². The molecule has 0 bridgehead atoms. The highest BCUT2D eigenvalue weighted by atomic mass is 16.6. The van der Waals surface area contributed by atoms with Gasteiger partial charge in [0.1, 0.15) is 11.2 Å². The minimum absolute atomic E-state index is 0.251. The quantitative estimate of drug-likeness (QED) is 0.551. The SMILES string of the molecule is CC(C)N(C(=O)OC(C)(C)C)c1ccccc1-c1ccc(C(=O)O)c([N+](=O)[O-])c1. The van der Waals surface area contributed by atoms with Crippen molar-refractivity contribution in [3.63, 3.8) is 0 Å². The monoisotopic (exact) mass is 400 g/mol. The number of benzene rings is 2. The van der Waals surface area contributed by atoms with E-state index in [0.717, 1.165) is 0 Å². The molecule has 0 aromatic heterocycles. The lowest BCUT2D eigenvalue weighted by atomic mass is 9.99. The van der Waals surface area contributed by atoms with Gasteiger partial charge in [-0.3, -0.25) is 15.0 Å². The van der Waals surface area contributed by atoms with Crippen LogP contribution in [-0.2, 0) is 4.74 Å². The Bertz CT molecular complexity index is 946. The molecule has 154 valence electrons. The lowest BCUT2D eigenvalue weighted by Crippen LogP contribution is -2.41. The van der Waals surface area contributed by atoms with E-state index in [1.807, 2.05) is 13.8 Å². The third kappa shape index (κ3) is 5.10. The van der Waals surface area contributed by atoms with Crippen molar-refractivity contribution in [3.8, 4) is 11.1 Å². The molecule has 0 heterocycles. The van der Waals surface area contributed by atoms with Crippen molar-refractivity contribution in [2.24, 2.45) is 0 Å². The minimum atomic E-state index is -1.38. The molecule has 0 radical (unpaired) electrons. The Balaban J connectivity index is 2.63. The smallest absolute Gasteiger partial charge is 0.415 e. The van der Waals surface area contributed by atoms with Gasteiger partial charge >= 0.3 is 12.1 Å². The molecular formula is C21H24N2O6. The number of ether oxygens (including phenoxy) is 1. The summed E-state index contributed by atoms with van der Waals surface area (Å²) >= 11 is 0. The summed E-state index contributed by atoms with van der Waals surface area (Å²) in [6.45, 7) is 8.96. The first-order valence-corrected chi connectivity index (χ1v) is 9.05. The molecule has 0 aliphatic heterocycles. The summed E-state index contributed by atoms with van der Waals surface area (Å²) in [7, 11) is 0. The molecule has 8 heteroatoms. The fraction of sp³-hybridized carbons (Fsp3) is 0.333. The Hall–Kier alpha value is -3.42. The normalized spacial score (nSPS) is 11.2. The summed E-state index contributed by atoms with van der Waals surface area (Å²) in [5, 5.41) is 20.6.